The summed E-state index contributed by atoms with van der Waals surface area (Å²) in [5.41, 5.74) is 3.73. The molecule has 0 spiro atoms. The van der Waals surface area contributed by atoms with Crippen LogP contribution < -0.4 is 4.31 Å². The van der Waals surface area contributed by atoms with E-state index in [-0.39, 0.29) is 6.54 Å². The van der Waals surface area contributed by atoms with Crippen LogP contribution >= 0.6 is 11.3 Å². The number of rotatable bonds is 3. The highest BCUT2D eigenvalue weighted by molar-refractivity contribution is 7.93. The Hall–Kier alpha value is -2.70. The lowest BCUT2D eigenvalue weighted by molar-refractivity contribution is 0.593. The molecular formula is C21H16N2O2S2. The number of nitrogens with zero attached hydrogens (tertiary/aromatic N) is 2. The second kappa shape index (κ2) is 5.90. The summed E-state index contributed by atoms with van der Waals surface area (Å²) in [5.74, 6) is 0. The zero-order valence-corrected chi connectivity index (χ0v) is 16.2. The molecule has 27 heavy (non-hydrogen) atoms. The lowest BCUT2D eigenvalue weighted by atomic mass is 10.1. The largest absolute Gasteiger partial charge is 0.265 e. The third-order valence-electron chi connectivity index (χ3n) is 4.84. The van der Waals surface area contributed by atoms with Gasteiger partial charge in [0.1, 0.15) is 5.01 Å². The molecule has 0 bridgehead atoms. The molecule has 0 radical (unpaired) electrons. The van der Waals surface area contributed by atoms with Gasteiger partial charge in [-0.25, -0.2) is 13.4 Å². The topological polar surface area (TPSA) is 50.3 Å². The number of hydrogen-bond donors (Lipinski definition) is 0. The lowest BCUT2D eigenvalue weighted by Crippen LogP contribution is -2.26. The fraction of sp³-hybridized carbons (Fsp3) is 0.0952. The highest BCUT2D eigenvalue weighted by atomic mass is 32.2. The van der Waals surface area contributed by atoms with Crippen molar-refractivity contribution in [3.63, 3.8) is 0 Å². The first-order chi connectivity index (χ1) is 13.0. The van der Waals surface area contributed by atoms with Crippen molar-refractivity contribution in [1.29, 1.82) is 0 Å². The van der Waals surface area contributed by atoms with Crippen molar-refractivity contribution in [3.8, 4) is 10.6 Å². The molecule has 6 heteroatoms. The normalized spacial score (nSPS) is 14.8. The molecule has 0 aliphatic carbocycles. The van der Waals surface area contributed by atoms with E-state index < -0.39 is 10.0 Å². The number of benzene rings is 3. The van der Waals surface area contributed by atoms with Crippen LogP contribution in [0.15, 0.2) is 70.9 Å². The molecule has 3 aromatic carbocycles. The highest BCUT2D eigenvalue weighted by Gasteiger charge is 2.35. The van der Waals surface area contributed by atoms with Gasteiger partial charge in [0.05, 0.1) is 22.8 Å². The zero-order valence-electron chi connectivity index (χ0n) is 14.6. The third-order valence-corrected chi connectivity index (χ3v) is 7.58. The molecule has 5 rings (SSSR count). The molecule has 1 aromatic heterocycles. The number of thiazole rings is 1. The highest BCUT2D eigenvalue weighted by Crippen LogP contribution is 2.42. The summed E-state index contributed by atoms with van der Waals surface area (Å²) >= 11 is 1.54. The molecule has 0 unspecified atom stereocenters. The SMILES string of the molecule is Cc1ccc(-c2nc(CN3c4cccc5cccc(c45)S3(=O)=O)cs2)cc1. The summed E-state index contributed by atoms with van der Waals surface area (Å²) in [5, 5.41) is 4.58. The van der Waals surface area contributed by atoms with E-state index >= 15 is 0 Å². The molecule has 0 saturated carbocycles. The van der Waals surface area contributed by atoms with Crippen LogP contribution in [0.4, 0.5) is 5.69 Å². The van der Waals surface area contributed by atoms with E-state index in [1.807, 2.05) is 48.7 Å². The lowest BCUT2D eigenvalue weighted by Gasteiger charge is -2.17. The van der Waals surface area contributed by atoms with Crippen molar-refractivity contribution in [3.05, 3.63) is 77.3 Å². The first-order valence-electron chi connectivity index (χ1n) is 8.60. The van der Waals surface area contributed by atoms with E-state index in [2.05, 4.69) is 17.1 Å². The zero-order chi connectivity index (χ0) is 18.6. The number of aromatic nitrogens is 1. The van der Waals surface area contributed by atoms with Gasteiger partial charge in [0, 0.05) is 16.3 Å². The van der Waals surface area contributed by atoms with E-state index in [1.54, 1.807) is 12.1 Å². The fourth-order valence-electron chi connectivity index (χ4n) is 3.48. The molecule has 0 N–H and O–H groups in total. The molecule has 2 heterocycles. The van der Waals surface area contributed by atoms with Gasteiger partial charge in [-0.3, -0.25) is 4.31 Å². The average Bonchev–Trinajstić information content (AvgIpc) is 3.21. The minimum Gasteiger partial charge on any atom is -0.260 e. The van der Waals surface area contributed by atoms with Gasteiger partial charge in [0.15, 0.2) is 0 Å². The Kier molecular flexibility index (Phi) is 3.60. The quantitative estimate of drug-likeness (QED) is 0.494. The van der Waals surface area contributed by atoms with Crippen LogP contribution in [0.1, 0.15) is 11.3 Å². The maximum absolute atomic E-state index is 13.1. The molecule has 0 atom stereocenters. The minimum absolute atomic E-state index is 0.235. The van der Waals surface area contributed by atoms with Crippen LogP contribution in [0.5, 0.6) is 0 Å². The van der Waals surface area contributed by atoms with Gasteiger partial charge >= 0.3 is 0 Å². The van der Waals surface area contributed by atoms with Crippen molar-refractivity contribution in [1.82, 2.24) is 4.98 Å². The Morgan fingerprint density at radius 2 is 1.74 bits per heavy atom. The van der Waals surface area contributed by atoms with E-state index in [0.29, 0.717) is 4.90 Å². The number of hydrogen-bond acceptors (Lipinski definition) is 4. The van der Waals surface area contributed by atoms with Crippen molar-refractivity contribution in [2.75, 3.05) is 4.31 Å². The summed E-state index contributed by atoms with van der Waals surface area (Å²) in [7, 11) is -3.56. The van der Waals surface area contributed by atoms with Crippen molar-refractivity contribution in [2.45, 2.75) is 18.4 Å². The number of aryl methyl sites for hydroxylation is 1. The molecular weight excluding hydrogens is 376 g/mol. The molecule has 0 fully saturated rings. The first kappa shape index (κ1) is 16.5. The second-order valence-corrected chi connectivity index (χ2v) is 9.34. The van der Waals surface area contributed by atoms with E-state index in [4.69, 9.17) is 0 Å². The van der Waals surface area contributed by atoms with E-state index in [0.717, 1.165) is 32.7 Å². The van der Waals surface area contributed by atoms with Crippen molar-refractivity contribution >= 4 is 37.8 Å². The first-order valence-corrected chi connectivity index (χ1v) is 10.9. The van der Waals surface area contributed by atoms with Gasteiger partial charge in [-0.1, -0.05) is 54.1 Å². The van der Waals surface area contributed by atoms with Crippen LogP contribution in [0, 0.1) is 6.92 Å². The number of sulfonamides is 1. The average molecular weight is 393 g/mol. The molecule has 0 saturated heterocycles. The van der Waals surface area contributed by atoms with Crippen LogP contribution in [-0.2, 0) is 16.6 Å². The molecule has 4 nitrogen and oxygen atoms in total. The monoisotopic (exact) mass is 392 g/mol. The summed E-state index contributed by atoms with van der Waals surface area (Å²) < 4.78 is 27.6. The summed E-state index contributed by atoms with van der Waals surface area (Å²) in [6, 6.07) is 19.3. The molecule has 134 valence electrons. The molecule has 1 aliphatic heterocycles. The summed E-state index contributed by atoms with van der Waals surface area (Å²) in [4.78, 5) is 5.06. The van der Waals surface area contributed by atoms with E-state index in [1.165, 1.54) is 21.2 Å². The van der Waals surface area contributed by atoms with Crippen molar-refractivity contribution < 1.29 is 8.42 Å². The fourth-order valence-corrected chi connectivity index (χ4v) is 5.98. The standard InChI is InChI=1S/C21H16N2O2S2/c1-14-8-10-16(11-9-14)21-22-17(13-26-21)12-23-18-6-2-4-15-5-3-7-19(20(15)18)27(23,24)25/h2-11,13H,12H2,1H3. The van der Waals surface area contributed by atoms with Gasteiger partial charge in [0.25, 0.3) is 10.0 Å². The van der Waals surface area contributed by atoms with Gasteiger partial charge < -0.3 is 0 Å². The predicted molar refractivity (Wildman–Crippen MR) is 110 cm³/mol. The maximum Gasteiger partial charge on any atom is 0.265 e. The Labute approximate surface area is 161 Å². The van der Waals surface area contributed by atoms with Gasteiger partial charge in [0.2, 0.25) is 0 Å². The Morgan fingerprint density at radius 1 is 1.00 bits per heavy atom. The van der Waals surface area contributed by atoms with Gasteiger partial charge in [-0.2, -0.15) is 0 Å². The molecule has 4 aromatic rings. The smallest absolute Gasteiger partial charge is 0.260 e. The summed E-state index contributed by atoms with van der Waals surface area (Å²) in [6.07, 6.45) is 0. The molecule has 1 aliphatic rings. The summed E-state index contributed by atoms with van der Waals surface area (Å²) in [6.45, 7) is 2.28. The molecule has 0 amide bonds. The maximum atomic E-state index is 13.1. The Balaban J connectivity index is 1.54. The third kappa shape index (κ3) is 2.56. The Morgan fingerprint density at radius 3 is 2.52 bits per heavy atom. The Bertz CT molecular complexity index is 1270. The second-order valence-electron chi connectivity index (χ2n) is 6.65. The van der Waals surface area contributed by atoms with Crippen LogP contribution in [-0.4, -0.2) is 13.4 Å². The van der Waals surface area contributed by atoms with Crippen LogP contribution in [0.25, 0.3) is 21.3 Å². The minimum atomic E-state index is -3.56. The predicted octanol–water partition coefficient (Wildman–Crippen LogP) is 4.98. The van der Waals surface area contributed by atoms with Crippen LogP contribution in [0.3, 0.4) is 0 Å². The van der Waals surface area contributed by atoms with E-state index in [9.17, 15) is 8.42 Å². The number of anilines is 1. The van der Waals surface area contributed by atoms with Gasteiger partial charge in [-0.15, -0.1) is 11.3 Å². The van der Waals surface area contributed by atoms with Crippen LogP contribution in [0.2, 0.25) is 0 Å². The van der Waals surface area contributed by atoms with Crippen molar-refractivity contribution in [2.24, 2.45) is 0 Å². The van der Waals surface area contributed by atoms with Gasteiger partial charge in [-0.05, 0) is 24.4 Å².